The standard InChI is InChI=1S/C18H19ClN2O2/c1-3-6-13-12-7-4-5-8-14(12)21(16(22)10-19)15-9-11(2)20-17(15)18(13)23/h4-5,7-9,13,20H,3,6,10H2,1-2H3. The van der Waals surface area contributed by atoms with Gasteiger partial charge < -0.3 is 4.98 Å². The molecule has 5 heteroatoms. The third-order valence-electron chi connectivity index (χ3n) is 4.23. The molecule has 2 aromatic rings. The minimum absolute atomic E-state index is 0.0345. The van der Waals surface area contributed by atoms with Crippen molar-refractivity contribution in [2.75, 3.05) is 10.8 Å². The Balaban J connectivity index is 2.30. The molecule has 0 saturated carbocycles. The van der Waals surface area contributed by atoms with E-state index in [0.717, 1.165) is 29.8 Å². The predicted molar refractivity (Wildman–Crippen MR) is 91.8 cm³/mol. The highest BCUT2D eigenvalue weighted by Crippen LogP contribution is 2.42. The monoisotopic (exact) mass is 330 g/mol. The number of alkyl halides is 1. The molecule has 3 rings (SSSR count). The number of halogens is 1. The Morgan fingerprint density at radius 1 is 1.30 bits per heavy atom. The van der Waals surface area contributed by atoms with E-state index in [0.29, 0.717) is 11.4 Å². The summed E-state index contributed by atoms with van der Waals surface area (Å²) >= 11 is 5.83. The van der Waals surface area contributed by atoms with Crippen LogP contribution in [0.3, 0.4) is 0 Å². The molecule has 1 atom stereocenters. The summed E-state index contributed by atoms with van der Waals surface area (Å²) in [5.74, 6) is -0.581. The summed E-state index contributed by atoms with van der Waals surface area (Å²) in [6.07, 6.45) is 1.64. The molecule has 0 fully saturated rings. The molecule has 2 heterocycles. The maximum atomic E-state index is 13.1. The topological polar surface area (TPSA) is 53.2 Å². The van der Waals surface area contributed by atoms with E-state index in [-0.39, 0.29) is 23.5 Å². The zero-order chi connectivity index (χ0) is 16.6. The van der Waals surface area contributed by atoms with Crippen LogP contribution in [0.25, 0.3) is 0 Å². The van der Waals surface area contributed by atoms with Crippen LogP contribution in [0.2, 0.25) is 0 Å². The van der Waals surface area contributed by atoms with Crippen molar-refractivity contribution in [3.8, 4) is 0 Å². The number of amides is 1. The quantitative estimate of drug-likeness (QED) is 0.853. The number of aromatic nitrogens is 1. The van der Waals surface area contributed by atoms with Crippen molar-refractivity contribution >= 4 is 34.7 Å². The van der Waals surface area contributed by atoms with Gasteiger partial charge in [-0.05, 0) is 31.0 Å². The first-order chi connectivity index (χ1) is 11.1. The van der Waals surface area contributed by atoms with Crippen LogP contribution in [0.5, 0.6) is 0 Å². The van der Waals surface area contributed by atoms with E-state index < -0.39 is 0 Å². The van der Waals surface area contributed by atoms with E-state index in [1.165, 1.54) is 0 Å². The van der Waals surface area contributed by atoms with Crippen molar-refractivity contribution in [2.24, 2.45) is 0 Å². The Bertz CT molecular complexity index is 766. The minimum atomic E-state index is -0.249. The molecule has 0 radical (unpaired) electrons. The van der Waals surface area contributed by atoms with Crippen molar-refractivity contribution in [1.82, 2.24) is 4.98 Å². The van der Waals surface area contributed by atoms with Crippen molar-refractivity contribution in [3.63, 3.8) is 0 Å². The van der Waals surface area contributed by atoms with Crippen LogP contribution in [0, 0.1) is 6.92 Å². The summed E-state index contributed by atoms with van der Waals surface area (Å²) in [5.41, 5.74) is 3.59. The molecule has 0 aliphatic carbocycles. The summed E-state index contributed by atoms with van der Waals surface area (Å²) in [6, 6.07) is 9.44. The van der Waals surface area contributed by atoms with Gasteiger partial charge in [-0.25, -0.2) is 0 Å². The van der Waals surface area contributed by atoms with Crippen LogP contribution >= 0.6 is 11.6 Å². The lowest BCUT2D eigenvalue weighted by molar-refractivity contribution is -0.115. The second kappa shape index (κ2) is 6.20. The number of nitrogens with zero attached hydrogens (tertiary/aromatic N) is 1. The number of anilines is 2. The van der Waals surface area contributed by atoms with E-state index in [9.17, 15) is 9.59 Å². The van der Waals surface area contributed by atoms with E-state index in [2.05, 4.69) is 11.9 Å². The van der Waals surface area contributed by atoms with Crippen molar-refractivity contribution in [3.05, 3.63) is 47.3 Å². The second-order valence-electron chi connectivity index (χ2n) is 5.84. The van der Waals surface area contributed by atoms with Crippen molar-refractivity contribution in [1.29, 1.82) is 0 Å². The van der Waals surface area contributed by atoms with Gasteiger partial charge in [0.1, 0.15) is 11.6 Å². The van der Waals surface area contributed by atoms with E-state index in [4.69, 9.17) is 11.6 Å². The summed E-state index contributed by atoms with van der Waals surface area (Å²) in [7, 11) is 0. The number of H-pyrrole nitrogens is 1. The number of aromatic amines is 1. The SMILES string of the molecule is CCCC1C(=O)c2[nH]c(C)cc2N(C(=O)CCl)c2ccccc21. The lowest BCUT2D eigenvalue weighted by Crippen LogP contribution is -2.27. The molecule has 4 nitrogen and oxygen atoms in total. The van der Waals surface area contributed by atoms with Gasteiger partial charge in [-0.15, -0.1) is 11.6 Å². The summed E-state index contributed by atoms with van der Waals surface area (Å²) < 4.78 is 0. The summed E-state index contributed by atoms with van der Waals surface area (Å²) in [4.78, 5) is 30.3. The highest BCUT2D eigenvalue weighted by molar-refractivity contribution is 6.31. The normalized spacial score (nSPS) is 16.7. The molecule has 1 aliphatic rings. The maximum absolute atomic E-state index is 13.1. The van der Waals surface area contributed by atoms with Gasteiger partial charge in [-0.2, -0.15) is 0 Å². The Labute approximate surface area is 140 Å². The number of nitrogens with one attached hydrogen (secondary N) is 1. The molecular formula is C18H19ClN2O2. The average Bonchev–Trinajstić information content (AvgIpc) is 2.90. The van der Waals surface area contributed by atoms with Gasteiger partial charge in [0.05, 0.1) is 17.3 Å². The lowest BCUT2D eigenvalue weighted by atomic mass is 9.89. The third kappa shape index (κ3) is 2.57. The zero-order valence-electron chi connectivity index (χ0n) is 13.2. The maximum Gasteiger partial charge on any atom is 0.246 e. The van der Waals surface area contributed by atoms with Crippen LogP contribution in [0.1, 0.15) is 47.4 Å². The van der Waals surface area contributed by atoms with E-state index in [1.807, 2.05) is 37.3 Å². The van der Waals surface area contributed by atoms with Crippen LogP contribution in [-0.2, 0) is 4.79 Å². The predicted octanol–water partition coefficient (Wildman–Crippen LogP) is 4.31. The Hall–Kier alpha value is -2.07. The number of para-hydroxylation sites is 1. The molecular weight excluding hydrogens is 312 g/mol. The molecule has 0 bridgehead atoms. The highest BCUT2D eigenvalue weighted by atomic mass is 35.5. The van der Waals surface area contributed by atoms with E-state index in [1.54, 1.807) is 4.90 Å². The number of hydrogen-bond acceptors (Lipinski definition) is 2. The summed E-state index contributed by atoms with van der Waals surface area (Å²) in [5, 5.41) is 0. The summed E-state index contributed by atoms with van der Waals surface area (Å²) in [6.45, 7) is 3.94. The number of aryl methyl sites for hydroxylation is 1. The fourth-order valence-corrected chi connectivity index (χ4v) is 3.39. The van der Waals surface area contributed by atoms with Gasteiger partial charge >= 0.3 is 0 Å². The first-order valence-corrected chi connectivity index (χ1v) is 8.33. The highest BCUT2D eigenvalue weighted by Gasteiger charge is 2.35. The second-order valence-corrected chi connectivity index (χ2v) is 6.11. The number of carbonyl (C=O) groups excluding carboxylic acids is 2. The first-order valence-electron chi connectivity index (χ1n) is 7.80. The molecule has 23 heavy (non-hydrogen) atoms. The minimum Gasteiger partial charge on any atom is -0.354 e. The van der Waals surface area contributed by atoms with Crippen LogP contribution < -0.4 is 4.90 Å². The fraction of sp³-hybridized carbons (Fsp3) is 0.333. The van der Waals surface area contributed by atoms with Gasteiger partial charge in [0.15, 0.2) is 5.78 Å². The molecule has 120 valence electrons. The number of benzene rings is 1. The number of fused-ring (bicyclic) bond motifs is 2. The van der Waals surface area contributed by atoms with Crippen molar-refractivity contribution in [2.45, 2.75) is 32.6 Å². The van der Waals surface area contributed by atoms with Gasteiger partial charge in [0.25, 0.3) is 0 Å². The average molecular weight is 331 g/mol. The van der Waals surface area contributed by atoms with Gasteiger partial charge in [-0.3, -0.25) is 14.5 Å². The lowest BCUT2D eigenvalue weighted by Gasteiger charge is -2.23. The Morgan fingerprint density at radius 3 is 2.74 bits per heavy atom. The Morgan fingerprint density at radius 2 is 2.04 bits per heavy atom. The zero-order valence-corrected chi connectivity index (χ0v) is 14.0. The molecule has 1 aliphatic heterocycles. The first kappa shape index (κ1) is 15.8. The largest absolute Gasteiger partial charge is 0.354 e. The smallest absolute Gasteiger partial charge is 0.246 e. The molecule has 1 aromatic heterocycles. The number of ketones is 1. The van der Waals surface area contributed by atoms with Gasteiger partial charge in [0.2, 0.25) is 5.91 Å². The van der Waals surface area contributed by atoms with E-state index >= 15 is 0 Å². The third-order valence-corrected chi connectivity index (χ3v) is 4.46. The molecule has 1 amide bonds. The molecule has 1 unspecified atom stereocenters. The molecule has 1 aromatic carbocycles. The molecule has 1 N–H and O–H groups in total. The van der Waals surface area contributed by atoms with Crippen LogP contribution in [0.4, 0.5) is 11.4 Å². The van der Waals surface area contributed by atoms with Crippen LogP contribution in [-0.4, -0.2) is 22.6 Å². The number of hydrogen-bond donors (Lipinski definition) is 1. The van der Waals surface area contributed by atoms with Gasteiger partial charge in [0, 0.05) is 5.69 Å². The van der Waals surface area contributed by atoms with Crippen LogP contribution in [0.15, 0.2) is 30.3 Å². The number of Topliss-reactive ketones (excluding diaryl/α,β-unsaturated/α-hetero) is 1. The molecule has 0 saturated heterocycles. The van der Waals surface area contributed by atoms with Gasteiger partial charge in [-0.1, -0.05) is 31.5 Å². The molecule has 0 spiro atoms. The number of carbonyl (C=O) groups is 2. The Kier molecular flexibility index (Phi) is 4.26. The fourth-order valence-electron chi connectivity index (χ4n) is 3.27. The van der Waals surface area contributed by atoms with Crippen molar-refractivity contribution < 1.29 is 9.59 Å². The number of rotatable bonds is 3.